The summed E-state index contributed by atoms with van der Waals surface area (Å²) < 4.78 is 5.10. The summed E-state index contributed by atoms with van der Waals surface area (Å²) in [6.45, 7) is 4.55. The lowest BCUT2D eigenvalue weighted by molar-refractivity contribution is 0.105. The normalized spacial score (nSPS) is 18.6. The molecule has 0 bridgehead atoms. The molecule has 1 saturated heterocycles. The molecule has 0 amide bonds. The average molecular weight is 271 g/mol. The second kappa shape index (κ2) is 6.38. The molecule has 1 atom stereocenters. The molecule has 1 unspecified atom stereocenters. The van der Waals surface area contributed by atoms with E-state index in [1.165, 1.54) is 0 Å². The first-order chi connectivity index (χ1) is 8.70. The lowest BCUT2D eigenvalue weighted by Gasteiger charge is -2.29. The number of piperazine rings is 1. The predicted octanol–water partition coefficient (Wildman–Crippen LogP) is 1.29. The molecule has 1 aromatic rings. The fourth-order valence-electron chi connectivity index (χ4n) is 2.13. The highest BCUT2D eigenvalue weighted by Gasteiger charge is 2.16. The van der Waals surface area contributed by atoms with Crippen LogP contribution in [-0.4, -0.2) is 49.8 Å². The summed E-state index contributed by atoms with van der Waals surface area (Å²) in [4.78, 5) is 2.25. The molecule has 1 aromatic carbocycles. The van der Waals surface area contributed by atoms with Crippen molar-refractivity contribution in [2.75, 3.05) is 39.8 Å². The Kier molecular flexibility index (Phi) is 4.83. The van der Waals surface area contributed by atoms with Crippen molar-refractivity contribution in [2.24, 2.45) is 0 Å². The molecule has 1 heterocycles. The van der Waals surface area contributed by atoms with E-state index in [0.29, 0.717) is 17.3 Å². The van der Waals surface area contributed by atoms with Gasteiger partial charge in [-0.15, -0.1) is 0 Å². The van der Waals surface area contributed by atoms with Crippen LogP contribution in [0, 0.1) is 0 Å². The number of β-amino-alcohol motifs (C(OH)–C–C–N with tert-alkyl or cyclic N) is 1. The molecule has 0 aromatic heterocycles. The van der Waals surface area contributed by atoms with E-state index in [1.807, 2.05) is 6.07 Å². The van der Waals surface area contributed by atoms with Crippen LogP contribution in [0.5, 0.6) is 5.75 Å². The van der Waals surface area contributed by atoms with Gasteiger partial charge < -0.3 is 15.2 Å². The second-order valence-electron chi connectivity index (χ2n) is 4.46. The molecule has 100 valence electrons. The molecule has 0 saturated carbocycles. The second-order valence-corrected chi connectivity index (χ2v) is 4.87. The summed E-state index contributed by atoms with van der Waals surface area (Å²) in [6.07, 6.45) is -0.508. The van der Waals surface area contributed by atoms with Crippen LogP contribution in [0.3, 0.4) is 0 Å². The number of benzene rings is 1. The number of hydrogen-bond donors (Lipinski definition) is 2. The van der Waals surface area contributed by atoms with Gasteiger partial charge in [-0.05, 0) is 17.7 Å². The number of nitrogens with one attached hydrogen (secondary N) is 1. The van der Waals surface area contributed by atoms with E-state index >= 15 is 0 Å². The maximum absolute atomic E-state index is 10.2. The van der Waals surface area contributed by atoms with Gasteiger partial charge in [0.15, 0.2) is 0 Å². The molecule has 4 nitrogen and oxygen atoms in total. The lowest BCUT2D eigenvalue weighted by atomic mass is 10.1. The minimum absolute atomic E-state index is 0.508. The maximum atomic E-state index is 10.2. The molecule has 1 aliphatic rings. The molecule has 18 heavy (non-hydrogen) atoms. The fourth-order valence-corrected chi connectivity index (χ4v) is 2.40. The Bertz CT molecular complexity index is 395. The largest absolute Gasteiger partial charge is 0.495 e. The third kappa shape index (κ3) is 3.36. The number of halogens is 1. The number of aliphatic hydroxyl groups excluding tert-OH is 1. The molecule has 0 spiro atoms. The molecule has 2 N–H and O–H groups in total. The first-order valence-electron chi connectivity index (χ1n) is 6.15. The van der Waals surface area contributed by atoms with Gasteiger partial charge in [0.1, 0.15) is 5.75 Å². The highest BCUT2D eigenvalue weighted by atomic mass is 35.5. The summed E-state index contributed by atoms with van der Waals surface area (Å²) in [7, 11) is 1.58. The Morgan fingerprint density at radius 2 is 2.17 bits per heavy atom. The van der Waals surface area contributed by atoms with Crippen LogP contribution >= 0.6 is 11.6 Å². The molecular weight excluding hydrogens is 252 g/mol. The quantitative estimate of drug-likeness (QED) is 0.865. The Hall–Kier alpha value is -0.810. The Balaban J connectivity index is 1.99. The van der Waals surface area contributed by atoms with Crippen LogP contribution in [0.1, 0.15) is 11.7 Å². The molecule has 0 aliphatic carbocycles. The van der Waals surface area contributed by atoms with Crippen molar-refractivity contribution in [1.29, 1.82) is 0 Å². The monoisotopic (exact) mass is 270 g/mol. The van der Waals surface area contributed by atoms with E-state index in [4.69, 9.17) is 16.3 Å². The van der Waals surface area contributed by atoms with Gasteiger partial charge in [0.05, 0.1) is 18.2 Å². The Labute approximate surface area is 113 Å². The Morgan fingerprint density at radius 1 is 1.44 bits per heavy atom. The van der Waals surface area contributed by atoms with Gasteiger partial charge in [0, 0.05) is 32.7 Å². The van der Waals surface area contributed by atoms with Crippen LogP contribution in [0.15, 0.2) is 18.2 Å². The highest BCUT2D eigenvalue weighted by molar-refractivity contribution is 6.32. The van der Waals surface area contributed by atoms with Crippen molar-refractivity contribution >= 4 is 11.6 Å². The van der Waals surface area contributed by atoms with E-state index in [9.17, 15) is 5.11 Å². The van der Waals surface area contributed by atoms with E-state index in [-0.39, 0.29) is 0 Å². The zero-order valence-electron chi connectivity index (χ0n) is 10.5. The fraction of sp³-hybridized carbons (Fsp3) is 0.538. The van der Waals surface area contributed by atoms with Crippen molar-refractivity contribution < 1.29 is 9.84 Å². The number of nitrogens with zero attached hydrogens (tertiary/aromatic N) is 1. The minimum atomic E-state index is -0.508. The maximum Gasteiger partial charge on any atom is 0.137 e. The topological polar surface area (TPSA) is 44.7 Å². The van der Waals surface area contributed by atoms with E-state index in [1.54, 1.807) is 19.2 Å². The van der Waals surface area contributed by atoms with Crippen LogP contribution < -0.4 is 10.1 Å². The van der Waals surface area contributed by atoms with Crippen LogP contribution in [0.4, 0.5) is 0 Å². The first-order valence-corrected chi connectivity index (χ1v) is 6.53. The van der Waals surface area contributed by atoms with Crippen molar-refractivity contribution in [2.45, 2.75) is 6.10 Å². The zero-order valence-corrected chi connectivity index (χ0v) is 11.3. The van der Waals surface area contributed by atoms with Crippen molar-refractivity contribution in [3.05, 3.63) is 28.8 Å². The van der Waals surface area contributed by atoms with Gasteiger partial charge in [-0.1, -0.05) is 17.7 Å². The summed E-state index contributed by atoms with van der Waals surface area (Å²) in [6, 6.07) is 5.42. The zero-order chi connectivity index (χ0) is 13.0. The molecule has 0 radical (unpaired) electrons. The van der Waals surface area contributed by atoms with Crippen molar-refractivity contribution in [3.63, 3.8) is 0 Å². The summed E-state index contributed by atoms with van der Waals surface area (Å²) >= 11 is 6.06. The van der Waals surface area contributed by atoms with Gasteiger partial charge >= 0.3 is 0 Å². The summed E-state index contributed by atoms with van der Waals surface area (Å²) in [5.41, 5.74) is 0.833. The standard InChI is InChI=1S/C13H19ClN2O2/c1-18-13-3-2-10(8-11(13)14)12(17)9-16-6-4-15-5-7-16/h2-3,8,12,15,17H,4-7,9H2,1H3. The number of hydrogen-bond acceptors (Lipinski definition) is 4. The Morgan fingerprint density at radius 3 is 2.78 bits per heavy atom. The van der Waals surface area contributed by atoms with Crippen molar-refractivity contribution in [3.8, 4) is 5.75 Å². The third-order valence-corrected chi connectivity index (χ3v) is 3.50. The molecule has 1 fully saturated rings. The van der Waals surface area contributed by atoms with E-state index < -0.39 is 6.10 Å². The lowest BCUT2D eigenvalue weighted by Crippen LogP contribution is -2.44. The van der Waals surface area contributed by atoms with Crippen molar-refractivity contribution in [1.82, 2.24) is 10.2 Å². The summed E-state index contributed by atoms with van der Waals surface area (Å²) in [5.74, 6) is 0.634. The minimum Gasteiger partial charge on any atom is -0.495 e. The number of ether oxygens (including phenoxy) is 1. The van der Waals surface area contributed by atoms with Gasteiger partial charge in [-0.2, -0.15) is 0 Å². The molecule has 5 heteroatoms. The van der Waals surface area contributed by atoms with Crippen LogP contribution in [-0.2, 0) is 0 Å². The number of aliphatic hydroxyl groups is 1. The highest BCUT2D eigenvalue weighted by Crippen LogP contribution is 2.27. The van der Waals surface area contributed by atoms with Gasteiger partial charge in [-0.3, -0.25) is 4.90 Å². The SMILES string of the molecule is COc1ccc(C(O)CN2CCNCC2)cc1Cl. The van der Waals surface area contributed by atoms with Crippen LogP contribution in [0.2, 0.25) is 5.02 Å². The van der Waals surface area contributed by atoms with E-state index in [0.717, 1.165) is 31.7 Å². The molecular formula is C13H19ClN2O2. The van der Waals surface area contributed by atoms with Gasteiger partial charge in [0.25, 0.3) is 0 Å². The van der Waals surface area contributed by atoms with Crippen LogP contribution in [0.25, 0.3) is 0 Å². The first kappa shape index (κ1) is 13.6. The smallest absolute Gasteiger partial charge is 0.137 e. The third-order valence-electron chi connectivity index (χ3n) is 3.20. The van der Waals surface area contributed by atoms with Gasteiger partial charge in [-0.25, -0.2) is 0 Å². The number of rotatable bonds is 4. The summed E-state index contributed by atoms with van der Waals surface area (Å²) in [5, 5.41) is 14.0. The van der Waals surface area contributed by atoms with Gasteiger partial charge in [0.2, 0.25) is 0 Å². The molecule has 2 rings (SSSR count). The predicted molar refractivity (Wildman–Crippen MR) is 72.3 cm³/mol. The average Bonchev–Trinajstić information content (AvgIpc) is 2.39. The molecule has 1 aliphatic heterocycles. The van der Waals surface area contributed by atoms with E-state index in [2.05, 4.69) is 10.2 Å². The number of methoxy groups -OCH3 is 1.